The zero-order chi connectivity index (χ0) is 13.9. The van der Waals surface area contributed by atoms with E-state index in [-0.39, 0.29) is 11.3 Å². The minimum atomic E-state index is -3.54. The first-order valence-electron chi connectivity index (χ1n) is 5.18. The molecule has 1 aromatic heterocycles. The minimum absolute atomic E-state index is 0.119. The molecule has 0 aliphatic heterocycles. The average Bonchev–Trinajstić information content (AvgIpc) is 2.81. The largest absolute Gasteiger partial charge is 0.478 e. The maximum atomic E-state index is 11.8. The molecular formula is C11H10N2O4S2. The fourth-order valence-corrected chi connectivity index (χ4v) is 3.37. The Bertz CT molecular complexity index is 663. The van der Waals surface area contributed by atoms with Gasteiger partial charge in [-0.1, -0.05) is 12.1 Å². The molecular weight excluding hydrogens is 288 g/mol. The molecule has 0 bridgehead atoms. The van der Waals surface area contributed by atoms with Crippen molar-refractivity contribution in [3.8, 4) is 0 Å². The summed E-state index contributed by atoms with van der Waals surface area (Å²) in [5.74, 6) is -1.28. The first-order chi connectivity index (χ1) is 8.96. The number of carboxylic acid groups (broad SMARTS) is 1. The van der Waals surface area contributed by atoms with Gasteiger partial charge in [0.15, 0.2) is 5.13 Å². The first-order valence-corrected chi connectivity index (χ1v) is 7.72. The summed E-state index contributed by atoms with van der Waals surface area (Å²) in [5.41, 5.74) is 0.628. The van der Waals surface area contributed by atoms with E-state index in [1.165, 1.54) is 41.8 Å². The Morgan fingerprint density at radius 2 is 2.00 bits per heavy atom. The second-order valence-electron chi connectivity index (χ2n) is 3.70. The standard InChI is InChI=1S/C11H10N2O4S2/c14-10(15)9-3-1-8(2-4-9)7-19(16,17)13-11-12-5-6-18-11/h1-6H,7H2,(H,12,13)(H,14,15). The van der Waals surface area contributed by atoms with Gasteiger partial charge < -0.3 is 5.11 Å². The lowest BCUT2D eigenvalue weighted by molar-refractivity contribution is 0.0697. The number of rotatable bonds is 5. The molecule has 1 aromatic carbocycles. The number of carboxylic acids is 1. The maximum absolute atomic E-state index is 11.8. The number of aromatic nitrogens is 1. The van der Waals surface area contributed by atoms with Crippen molar-refractivity contribution in [2.45, 2.75) is 5.75 Å². The van der Waals surface area contributed by atoms with Crippen molar-refractivity contribution < 1.29 is 18.3 Å². The number of thiazole rings is 1. The van der Waals surface area contributed by atoms with Crippen LogP contribution in [-0.2, 0) is 15.8 Å². The van der Waals surface area contributed by atoms with Gasteiger partial charge in [0.25, 0.3) is 0 Å². The van der Waals surface area contributed by atoms with E-state index in [2.05, 4.69) is 9.71 Å². The van der Waals surface area contributed by atoms with Crippen molar-refractivity contribution in [2.75, 3.05) is 4.72 Å². The lowest BCUT2D eigenvalue weighted by atomic mass is 10.1. The SMILES string of the molecule is O=C(O)c1ccc(CS(=O)(=O)Nc2nccs2)cc1. The van der Waals surface area contributed by atoms with Gasteiger partial charge in [0, 0.05) is 11.6 Å². The number of nitrogens with one attached hydrogen (secondary N) is 1. The van der Waals surface area contributed by atoms with Crippen LogP contribution in [0.15, 0.2) is 35.8 Å². The summed E-state index contributed by atoms with van der Waals surface area (Å²) in [6.45, 7) is 0. The molecule has 0 saturated heterocycles. The molecule has 100 valence electrons. The molecule has 2 aromatic rings. The topological polar surface area (TPSA) is 96.4 Å². The van der Waals surface area contributed by atoms with Crippen LogP contribution in [0.25, 0.3) is 0 Å². The summed E-state index contributed by atoms with van der Waals surface area (Å²) < 4.78 is 26.0. The molecule has 0 saturated carbocycles. The molecule has 19 heavy (non-hydrogen) atoms. The third-order valence-electron chi connectivity index (χ3n) is 2.23. The van der Waals surface area contributed by atoms with E-state index in [1.807, 2.05) is 0 Å². The van der Waals surface area contributed by atoms with Crippen LogP contribution in [0, 0.1) is 0 Å². The van der Waals surface area contributed by atoms with Crippen molar-refractivity contribution in [1.29, 1.82) is 0 Å². The zero-order valence-corrected chi connectivity index (χ0v) is 11.2. The predicted molar refractivity (Wildman–Crippen MR) is 71.8 cm³/mol. The smallest absolute Gasteiger partial charge is 0.335 e. The molecule has 0 aliphatic carbocycles. The van der Waals surface area contributed by atoms with Crippen LogP contribution in [0.2, 0.25) is 0 Å². The maximum Gasteiger partial charge on any atom is 0.335 e. The van der Waals surface area contributed by atoms with Gasteiger partial charge in [-0.2, -0.15) is 0 Å². The number of nitrogens with zero attached hydrogens (tertiary/aromatic N) is 1. The van der Waals surface area contributed by atoms with E-state index >= 15 is 0 Å². The Balaban J connectivity index is 2.09. The fraction of sp³-hybridized carbons (Fsp3) is 0.0909. The molecule has 0 amide bonds. The number of hydrogen-bond acceptors (Lipinski definition) is 5. The summed E-state index contributed by atoms with van der Waals surface area (Å²) in [4.78, 5) is 14.5. The third kappa shape index (κ3) is 3.76. The Morgan fingerprint density at radius 3 is 2.53 bits per heavy atom. The number of benzene rings is 1. The van der Waals surface area contributed by atoms with E-state index in [4.69, 9.17) is 5.11 Å². The number of carbonyl (C=O) groups is 1. The van der Waals surface area contributed by atoms with E-state index in [0.717, 1.165) is 0 Å². The van der Waals surface area contributed by atoms with Crippen LogP contribution in [0.3, 0.4) is 0 Å². The van der Waals surface area contributed by atoms with E-state index in [0.29, 0.717) is 10.7 Å². The molecule has 0 fully saturated rings. The summed E-state index contributed by atoms with van der Waals surface area (Å²) in [7, 11) is -3.54. The summed E-state index contributed by atoms with van der Waals surface area (Å²) in [6.07, 6.45) is 1.50. The van der Waals surface area contributed by atoms with Crippen LogP contribution in [0.4, 0.5) is 5.13 Å². The lowest BCUT2D eigenvalue weighted by Gasteiger charge is -2.05. The van der Waals surface area contributed by atoms with Gasteiger partial charge in [-0.05, 0) is 17.7 Å². The van der Waals surface area contributed by atoms with Gasteiger partial charge in [-0.15, -0.1) is 11.3 Å². The Labute approximate surface area is 113 Å². The highest BCUT2D eigenvalue weighted by atomic mass is 32.2. The van der Waals surface area contributed by atoms with Crippen molar-refractivity contribution in [3.63, 3.8) is 0 Å². The Morgan fingerprint density at radius 1 is 1.32 bits per heavy atom. The number of anilines is 1. The predicted octanol–water partition coefficient (Wildman–Crippen LogP) is 1.78. The molecule has 2 rings (SSSR count). The first kappa shape index (κ1) is 13.5. The van der Waals surface area contributed by atoms with Gasteiger partial charge in [0.05, 0.1) is 11.3 Å². The third-order valence-corrected chi connectivity index (χ3v) is 4.27. The second kappa shape index (κ2) is 5.37. The van der Waals surface area contributed by atoms with Gasteiger partial charge in [-0.25, -0.2) is 18.2 Å². The van der Waals surface area contributed by atoms with E-state index in [1.54, 1.807) is 5.38 Å². The molecule has 0 radical (unpaired) electrons. The minimum Gasteiger partial charge on any atom is -0.478 e. The van der Waals surface area contributed by atoms with Gasteiger partial charge >= 0.3 is 5.97 Å². The normalized spacial score (nSPS) is 11.2. The van der Waals surface area contributed by atoms with Crippen molar-refractivity contribution >= 4 is 32.5 Å². The lowest BCUT2D eigenvalue weighted by Crippen LogP contribution is -2.14. The number of aromatic carboxylic acids is 1. The van der Waals surface area contributed by atoms with Crippen molar-refractivity contribution in [3.05, 3.63) is 47.0 Å². The quantitative estimate of drug-likeness (QED) is 0.877. The molecule has 2 N–H and O–H groups in total. The van der Waals surface area contributed by atoms with Crippen molar-refractivity contribution in [1.82, 2.24) is 4.98 Å². The number of hydrogen-bond donors (Lipinski definition) is 2. The van der Waals surface area contributed by atoms with E-state index < -0.39 is 16.0 Å². The van der Waals surface area contributed by atoms with Crippen LogP contribution in [0.5, 0.6) is 0 Å². The zero-order valence-electron chi connectivity index (χ0n) is 9.61. The fourth-order valence-electron chi connectivity index (χ4n) is 1.41. The van der Waals surface area contributed by atoms with Crippen LogP contribution < -0.4 is 4.72 Å². The summed E-state index contributed by atoms with van der Waals surface area (Å²) in [5, 5.41) is 10.7. The molecule has 1 heterocycles. The Hall–Kier alpha value is -1.93. The average molecular weight is 298 g/mol. The molecule has 0 unspecified atom stereocenters. The molecule has 8 heteroatoms. The summed E-state index contributed by atoms with van der Waals surface area (Å²) >= 11 is 1.19. The van der Waals surface area contributed by atoms with Gasteiger partial charge in [0.2, 0.25) is 10.0 Å². The van der Waals surface area contributed by atoms with Crippen LogP contribution >= 0.6 is 11.3 Å². The highest BCUT2D eigenvalue weighted by molar-refractivity contribution is 7.92. The summed E-state index contributed by atoms with van der Waals surface area (Å²) in [6, 6.07) is 5.70. The monoisotopic (exact) mass is 298 g/mol. The second-order valence-corrected chi connectivity index (χ2v) is 6.32. The highest BCUT2D eigenvalue weighted by Crippen LogP contribution is 2.15. The molecule has 0 spiro atoms. The molecule has 6 nitrogen and oxygen atoms in total. The van der Waals surface area contributed by atoms with Crippen LogP contribution in [-0.4, -0.2) is 24.5 Å². The highest BCUT2D eigenvalue weighted by Gasteiger charge is 2.13. The van der Waals surface area contributed by atoms with Crippen LogP contribution in [0.1, 0.15) is 15.9 Å². The van der Waals surface area contributed by atoms with E-state index in [9.17, 15) is 13.2 Å². The van der Waals surface area contributed by atoms with Gasteiger partial charge in [-0.3, -0.25) is 4.72 Å². The number of sulfonamides is 1. The van der Waals surface area contributed by atoms with Crippen molar-refractivity contribution in [2.24, 2.45) is 0 Å². The Kier molecular flexibility index (Phi) is 3.82. The van der Waals surface area contributed by atoms with Gasteiger partial charge in [0.1, 0.15) is 0 Å². The molecule has 0 aliphatic rings. The molecule has 0 atom stereocenters.